The maximum Gasteiger partial charge on any atom is 0.297 e. The number of pyridine rings is 1. The fourth-order valence-electron chi connectivity index (χ4n) is 13.2. The number of nitro benzene ring substituents is 1. The Balaban J connectivity index is 0.955. The summed E-state index contributed by atoms with van der Waals surface area (Å²) in [5.74, 6) is 0.0811. The van der Waals surface area contributed by atoms with Gasteiger partial charge in [0.15, 0.2) is 11.4 Å². The molecule has 404 valence electrons. The summed E-state index contributed by atoms with van der Waals surface area (Å²) in [7, 11) is -4.88. The highest BCUT2D eigenvalue weighted by Crippen LogP contribution is 2.54. The Morgan fingerprint density at radius 1 is 0.934 bits per heavy atom. The number of aromatic amines is 1. The van der Waals surface area contributed by atoms with Gasteiger partial charge in [-0.05, 0) is 88.1 Å². The topological polar surface area (TPSA) is 226 Å². The van der Waals surface area contributed by atoms with Crippen LogP contribution in [-0.4, -0.2) is 136 Å². The summed E-state index contributed by atoms with van der Waals surface area (Å²) in [6, 6.07) is 16.2. The molecule has 1 amide bonds. The zero-order valence-electron chi connectivity index (χ0n) is 42.8. The molecule has 0 unspecified atom stereocenters. The molecular formula is C55H65FN8O11S. The number of nitrogens with two attached hydrogens (primary N) is 1. The molecule has 6 aliphatic heterocycles. The number of piperidine rings is 1. The van der Waals surface area contributed by atoms with Crippen LogP contribution in [0.4, 0.5) is 32.8 Å². The van der Waals surface area contributed by atoms with Gasteiger partial charge in [0, 0.05) is 87.6 Å². The zero-order chi connectivity index (χ0) is 52.5. The molecule has 5 fully saturated rings. The van der Waals surface area contributed by atoms with Crippen LogP contribution in [0.25, 0.3) is 11.0 Å². The van der Waals surface area contributed by atoms with Crippen molar-refractivity contribution in [2.24, 2.45) is 11.1 Å². The third-order valence-corrected chi connectivity index (χ3v) is 18.9. The first kappa shape index (κ1) is 50.6. The molecule has 3 aromatic carbocycles. The van der Waals surface area contributed by atoms with Crippen LogP contribution in [0.3, 0.4) is 0 Å². The number of ether oxygens (including phenoxy) is 6. The molecule has 0 radical (unpaired) electrons. The van der Waals surface area contributed by atoms with Crippen LogP contribution < -0.4 is 35.1 Å². The third-order valence-electron chi connectivity index (χ3n) is 17.1. The van der Waals surface area contributed by atoms with Crippen molar-refractivity contribution in [3.8, 4) is 17.4 Å². The van der Waals surface area contributed by atoms with Gasteiger partial charge in [-0.25, -0.2) is 12.8 Å². The van der Waals surface area contributed by atoms with Crippen molar-refractivity contribution in [3.63, 3.8) is 0 Å². The number of amides is 1. The summed E-state index contributed by atoms with van der Waals surface area (Å²) in [6.45, 7) is 7.68. The van der Waals surface area contributed by atoms with Gasteiger partial charge in [-0.15, -0.1) is 0 Å². The van der Waals surface area contributed by atoms with Gasteiger partial charge < -0.3 is 54.3 Å². The van der Waals surface area contributed by atoms with Gasteiger partial charge >= 0.3 is 0 Å². The number of carbonyl (C=O) groups excluding carboxylic acids is 1. The van der Waals surface area contributed by atoms with E-state index >= 15 is 12.8 Å². The average molecular weight is 1070 g/mol. The van der Waals surface area contributed by atoms with E-state index in [4.69, 9.17) is 39.1 Å². The summed E-state index contributed by atoms with van der Waals surface area (Å²) >= 11 is 0. The van der Waals surface area contributed by atoms with Gasteiger partial charge in [-0.2, -0.15) is 4.98 Å². The number of para-hydroxylation sites is 1. The van der Waals surface area contributed by atoms with Gasteiger partial charge in [0.1, 0.15) is 40.4 Å². The maximum absolute atomic E-state index is 16.4. The number of rotatable bonds is 11. The number of hydrogen-bond acceptors (Lipinski definition) is 16. The van der Waals surface area contributed by atoms with Crippen molar-refractivity contribution < 1.29 is 50.9 Å². The van der Waals surface area contributed by atoms with Crippen molar-refractivity contribution in [1.29, 1.82) is 0 Å². The van der Waals surface area contributed by atoms with Crippen molar-refractivity contribution in [2.75, 3.05) is 81.0 Å². The van der Waals surface area contributed by atoms with Crippen molar-refractivity contribution in [2.45, 2.75) is 123 Å². The fourth-order valence-corrected chi connectivity index (χ4v) is 14.9. The number of nitrogens with one attached hydrogen (secondary N) is 2. The molecule has 1 spiro atoms. The number of morpholine rings is 1. The summed E-state index contributed by atoms with van der Waals surface area (Å²) in [5, 5.41) is 16.8. The molecule has 19 nitrogen and oxygen atoms in total. The first-order valence-electron chi connectivity index (χ1n) is 26.8. The van der Waals surface area contributed by atoms with Gasteiger partial charge in [-0.1, -0.05) is 24.6 Å². The Bertz CT molecular complexity index is 3160. The van der Waals surface area contributed by atoms with E-state index in [2.05, 4.69) is 32.2 Å². The lowest BCUT2D eigenvalue weighted by Gasteiger charge is -2.51. The van der Waals surface area contributed by atoms with Crippen molar-refractivity contribution in [1.82, 2.24) is 14.9 Å². The van der Waals surface area contributed by atoms with E-state index in [0.717, 1.165) is 62.4 Å². The largest absolute Gasteiger partial charge is 0.491 e. The minimum atomic E-state index is -4.88. The molecule has 5 atom stereocenters. The number of aromatic nitrogens is 2. The number of benzene rings is 3. The minimum absolute atomic E-state index is 0.0135. The van der Waals surface area contributed by atoms with E-state index in [1.54, 1.807) is 18.3 Å². The number of fused-ring (bicyclic) bond motifs is 4. The van der Waals surface area contributed by atoms with E-state index in [0.29, 0.717) is 61.7 Å². The summed E-state index contributed by atoms with van der Waals surface area (Å²) in [6.07, 6.45) is 7.24. The third kappa shape index (κ3) is 9.04. The number of alkyl halides is 1. The molecular weight excluding hydrogens is 1000 g/mol. The molecule has 1 aliphatic carbocycles. The highest BCUT2D eigenvalue weighted by Gasteiger charge is 2.49. The Labute approximate surface area is 440 Å². The van der Waals surface area contributed by atoms with E-state index in [1.165, 1.54) is 6.07 Å². The van der Waals surface area contributed by atoms with Crippen LogP contribution in [0.15, 0.2) is 76.7 Å². The van der Waals surface area contributed by atoms with Gasteiger partial charge in [0.2, 0.25) is 15.7 Å². The van der Waals surface area contributed by atoms with Gasteiger partial charge in [-0.3, -0.25) is 19.8 Å². The molecule has 5 aromatic rings. The van der Waals surface area contributed by atoms with Gasteiger partial charge in [0.25, 0.3) is 11.6 Å². The van der Waals surface area contributed by atoms with Gasteiger partial charge in [0.05, 0.1) is 70.8 Å². The quantitative estimate of drug-likeness (QED) is 0.0837. The first-order chi connectivity index (χ1) is 36.7. The highest BCUT2D eigenvalue weighted by atomic mass is 32.2. The molecule has 76 heavy (non-hydrogen) atoms. The Kier molecular flexibility index (Phi) is 13.3. The lowest BCUT2D eigenvalue weighted by atomic mass is 9.66. The van der Waals surface area contributed by atoms with Crippen LogP contribution >= 0.6 is 0 Å². The second-order valence-electron chi connectivity index (χ2n) is 21.9. The Hall–Kier alpha value is -6.26. The van der Waals surface area contributed by atoms with E-state index in [-0.39, 0.29) is 96.3 Å². The fraction of sp³-hybridized carbons (Fsp3) is 0.527. The molecule has 21 heteroatoms. The monoisotopic (exact) mass is 1060 g/mol. The zero-order valence-corrected chi connectivity index (χ0v) is 43.7. The molecule has 0 bridgehead atoms. The van der Waals surface area contributed by atoms with E-state index in [1.807, 2.05) is 43.0 Å². The molecule has 7 aliphatic rings. The summed E-state index contributed by atoms with van der Waals surface area (Å²) < 4.78 is 85.4. The van der Waals surface area contributed by atoms with Crippen LogP contribution in [0, 0.1) is 15.5 Å². The smallest absolute Gasteiger partial charge is 0.297 e. The van der Waals surface area contributed by atoms with Crippen molar-refractivity contribution >= 4 is 55.2 Å². The number of nitrogens with zero attached hydrogens (tertiary/aromatic N) is 5. The average Bonchev–Trinajstić information content (AvgIpc) is 4.01. The highest BCUT2D eigenvalue weighted by molar-refractivity contribution is 7.91. The minimum Gasteiger partial charge on any atom is -0.491 e. The van der Waals surface area contributed by atoms with E-state index in [9.17, 15) is 14.9 Å². The number of hydrogen-bond donors (Lipinski definition) is 3. The molecule has 12 rings (SSSR count). The number of sulfone groups is 1. The SMILES string of the molecule is CC(C)Oc1ccccc1[C@@H]1COCCN1[C@@H]1CCCC2(CCN(c3ccc(C(N)=O)c(N4c5cc6cc[nH]c6nc5O[C@H]5COCC[C@@H]54)c3S(=O)(=O)c3cc4c(c([N+](=O)[O-])c3)N[C@H](C3(F)CCOCC3)CO4)CC2)C1. The normalized spacial score (nSPS) is 25.4. The Morgan fingerprint density at radius 2 is 1.74 bits per heavy atom. The predicted molar refractivity (Wildman–Crippen MR) is 281 cm³/mol. The number of H-pyrrole nitrogens is 1. The maximum atomic E-state index is 16.4. The lowest BCUT2D eigenvalue weighted by Crippen LogP contribution is -2.53. The van der Waals surface area contributed by atoms with Crippen LogP contribution in [0.2, 0.25) is 0 Å². The van der Waals surface area contributed by atoms with Crippen LogP contribution in [0.1, 0.15) is 93.6 Å². The second kappa shape index (κ2) is 20.0. The molecule has 1 saturated carbocycles. The number of carbonyl (C=O) groups is 1. The number of anilines is 4. The predicted octanol–water partition coefficient (Wildman–Crippen LogP) is 8.17. The van der Waals surface area contributed by atoms with Crippen molar-refractivity contribution in [3.05, 3.63) is 88.1 Å². The number of primary amides is 1. The molecule has 2 aromatic heterocycles. The standard InChI is InChI=1S/C55H65FN8O11S/c1-33(2)74-44-8-4-3-7-37(44)43-30-72-25-21-62(43)35-6-5-13-54(29-35)14-19-61(20-15-54)40-10-9-38(51(57)65)49(63-39-12-22-71-31-46(39)75-53-42(63)26-34-11-18-58-52(34)60-53)50(40)76(68,69)36-27-41(64(66)67)48-45(28-36)73-32-47(59-48)55(56)16-23-70-24-17-55/h3-4,7-11,18,26-28,33,35,39,43,46-47,59H,5-6,12-17,19-25,29-32H2,1-2H3,(H2,57,65)(H,58,60)/t35-,39+,43+,46+,47+/m1/s1. The first-order valence-corrected chi connectivity index (χ1v) is 28.2. The van der Waals surface area contributed by atoms with Crippen LogP contribution in [-0.2, 0) is 24.0 Å². The summed E-state index contributed by atoms with van der Waals surface area (Å²) in [4.78, 5) is 40.2. The molecule has 4 saturated heterocycles. The lowest BCUT2D eigenvalue weighted by molar-refractivity contribution is -0.384. The number of nitro groups is 1. The van der Waals surface area contributed by atoms with E-state index < -0.39 is 55.1 Å². The number of halogens is 1. The molecule has 4 N–H and O–H groups in total. The Morgan fingerprint density at radius 3 is 2.53 bits per heavy atom. The van der Waals surface area contributed by atoms with Crippen LogP contribution in [0.5, 0.6) is 17.4 Å². The second-order valence-corrected chi connectivity index (χ2v) is 23.7. The molecule has 8 heterocycles. The summed E-state index contributed by atoms with van der Waals surface area (Å²) in [5.41, 5.74) is 6.12.